The molecule has 1 fully saturated rings. The lowest BCUT2D eigenvalue weighted by Gasteiger charge is -2.21. The maximum atomic E-state index is 12.3. The minimum Gasteiger partial charge on any atom is -0.383 e. The van der Waals surface area contributed by atoms with Gasteiger partial charge >= 0.3 is 0 Å². The van der Waals surface area contributed by atoms with Gasteiger partial charge in [0.25, 0.3) is 0 Å². The van der Waals surface area contributed by atoms with E-state index in [0.29, 0.717) is 11.4 Å². The molecule has 0 heterocycles. The minimum atomic E-state index is -0.722. The molecule has 134 valence electrons. The van der Waals surface area contributed by atoms with Crippen molar-refractivity contribution in [1.29, 1.82) is 0 Å². The van der Waals surface area contributed by atoms with Crippen LogP contribution in [0.5, 0.6) is 0 Å². The summed E-state index contributed by atoms with van der Waals surface area (Å²) in [5.41, 5.74) is 6.96. The van der Waals surface area contributed by atoms with Gasteiger partial charge in [-0.25, -0.2) is 0 Å². The van der Waals surface area contributed by atoms with Crippen LogP contribution in [-0.4, -0.2) is 31.6 Å². The zero-order valence-electron chi connectivity index (χ0n) is 13.9. The fourth-order valence-electron chi connectivity index (χ4n) is 2.77. The molecule has 0 aliphatic heterocycles. The summed E-state index contributed by atoms with van der Waals surface area (Å²) in [6.45, 7) is 0.157. The Morgan fingerprint density at radius 2 is 1.83 bits per heavy atom. The highest BCUT2D eigenvalue weighted by Crippen LogP contribution is 2.25. The first kappa shape index (κ1) is 20.4. The third kappa shape index (κ3) is 6.11. The Morgan fingerprint density at radius 3 is 2.46 bits per heavy atom. The number of methoxy groups -OCH3 is 1. The summed E-state index contributed by atoms with van der Waals surface area (Å²) in [7, 11) is 1.49. The van der Waals surface area contributed by atoms with Gasteiger partial charge in [0.1, 0.15) is 6.04 Å². The third-order valence-electron chi connectivity index (χ3n) is 4.06. The number of ether oxygens (including phenoxy) is 1. The van der Waals surface area contributed by atoms with Crippen molar-refractivity contribution < 1.29 is 14.3 Å². The van der Waals surface area contributed by atoms with E-state index in [0.717, 1.165) is 25.7 Å². The Labute approximate surface area is 148 Å². The molecule has 1 aliphatic carbocycles. The van der Waals surface area contributed by atoms with Crippen LogP contribution in [0.15, 0.2) is 24.3 Å². The largest absolute Gasteiger partial charge is 0.383 e. The quantitative estimate of drug-likeness (QED) is 0.731. The van der Waals surface area contributed by atoms with E-state index >= 15 is 0 Å². The Bertz CT molecular complexity index is 548. The predicted octanol–water partition coefficient (Wildman–Crippen LogP) is 2.54. The van der Waals surface area contributed by atoms with E-state index in [1.807, 2.05) is 6.07 Å². The Balaban J connectivity index is 0.00000288. The fraction of sp³-hybridized carbons (Fsp3) is 0.529. The van der Waals surface area contributed by atoms with Crippen LogP contribution in [-0.2, 0) is 14.3 Å². The molecule has 1 aromatic carbocycles. The van der Waals surface area contributed by atoms with Crippen molar-refractivity contribution in [3.63, 3.8) is 0 Å². The van der Waals surface area contributed by atoms with E-state index in [9.17, 15) is 9.59 Å². The number of hydrogen-bond donors (Lipinski definition) is 3. The summed E-state index contributed by atoms with van der Waals surface area (Å²) in [6.07, 6.45) is 5.35. The molecule has 0 bridgehead atoms. The van der Waals surface area contributed by atoms with E-state index in [-0.39, 0.29) is 36.7 Å². The number of carbonyl (C=O) groups is 2. The van der Waals surface area contributed by atoms with Crippen molar-refractivity contribution >= 4 is 35.6 Å². The van der Waals surface area contributed by atoms with Gasteiger partial charge in [-0.1, -0.05) is 25.3 Å². The SMILES string of the molecule is COCC(N)C(=O)Nc1cccc(NC(=O)C2CCCCC2)c1.Cl. The molecule has 2 rings (SSSR count). The van der Waals surface area contributed by atoms with Crippen LogP contribution in [0.2, 0.25) is 0 Å². The molecule has 1 aliphatic rings. The second-order valence-corrected chi connectivity index (χ2v) is 5.96. The number of nitrogens with two attached hydrogens (primary N) is 1. The number of benzene rings is 1. The summed E-state index contributed by atoms with van der Waals surface area (Å²) in [6, 6.07) is 6.37. The molecule has 24 heavy (non-hydrogen) atoms. The number of nitrogens with one attached hydrogen (secondary N) is 2. The molecule has 0 saturated heterocycles. The van der Waals surface area contributed by atoms with Crippen LogP contribution in [0.1, 0.15) is 32.1 Å². The van der Waals surface area contributed by atoms with Crippen LogP contribution in [0, 0.1) is 5.92 Å². The lowest BCUT2D eigenvalue weighted by molar-refractivity contribution is -0.120. The second kappa shape index (κ2) is 10.3. The van der Waals surface area contributed by atoms with Gasteiger partial charge in [0.2, 0.25) is 11.8 Å². The van der Waals surface area contributed by atoms with Crippen LogP contribution in [0.3, 0.4) is 0 Å². The zero-order chi connectivity index (χ0) is 16.7. The van der Waals surface area contributed by atoms with E-state index in [2.05, 4.69) is 10.6 Å². The normalized spacial score (nSPS) is 15.9. The minimum absolute atomic E-state index is 0. The second-order valence-electron chi connectivity index (χ2n) is 5.96. The summed E-state index contributed by atoms with van der Waals surface area (Å²) in [4.78, 5) is 24.1. The highest BCUT2D eigenvalue weighted by molar-refractivity contribution is 5.96. The van der Waals surface area contributed by atoms with Crippen LogP contribution in [0.4, 0.5) is 11.4 Å². The van der Waals surface area contributed by atoms with Gasteiger partial charge in [-0.15, -0.1) is 12.4 Å². The van der Waals surface area contributed by atoms with Crippen molar-refractivity contribution in [3.05, 3.63) is 24.3 Å². The Morgan fingerprint density at radius 1 is 1.21 bits per heavy atom. The number of hydrogen-bond acceptors (Lipinski definition) is 4. The first-order valence-electron chi connectivity index (χ1n) is 8.06. The molecule has 0 aromatic heterocycles. The molecule has 1 aromatic rings. The molecule has 1 saturated carbocycles. The number of anilines is 2. The fourth-order valence-corrected chi connectivity index (χ4v) is 2.77. The molecular formula is C17H26ClN3O3. The molecule has 1 atom stereocenters. The topological polar surface area (TPSA) is 93.4 Å². The van der Waals surface area contributed by atoms with Crippen molar-refractivity contribution in [3.8, 4) is 0 Å². The van der Waals surface area contributed by atoms with Gasteiger partial charge in [-0.3, -0.25) is 9.59 Å². The van der Waals surface area contributed by atoms with Crippen LogP contribution in [0.25, 0.3) is 0 Å². The Kier molecular flexibility index (Phi) is 8.74. The average molecular weight is 356 g/mol. The maximum Gasteiger partial charge on any atom is 0.243 e. The van der Waals surface area contributed by atoms with Gasteiger partial charge < -0.3 is 21.1 Å². The van der Waals surface area contributed by atoms with Crippen LogP contribution < -0.4 is 16.4 Å². The molecule has 0 spiro atoms. The van der Waals surface area contributed by atoms with E-state index in [1.54, 1.807) is 18.2 Å². The van der Waals surface area contributed by atoms with Gasteiger partial charge in [0.05, 0.1) is 6.61 Å². The molecule has 1 unspecified atom stereocenters. The molecular weight excluding hydrogens is 330 g/mol. The predicted molar refractivity (Wildman–Crippen MR) is 97.4 cm³/mol. The number of rotatable bonds is 6. The lowest BCUT2D eigenvalue weighted by Crippen LogP contribution is -2.39. The van der Waals surface area contributed by atoms with E-state index < -0.39 is 6.04 Å². The monoisotopic (exact) mass is 355 g/mol. The highest BCUT2D eigenvalue weighted by Gasteiger charge is 2.21. The highest BCUT2D eigenvalue weighted by atomic mass is 35.5. The average Bonchev–Trinajstić information content (AvgIpc) is 2.56. The number of halogens is 1. The summed E-state index contributed by atoms with van der Waals surface area (Å²) < 4.78 is 4.86. The van der Waals surface area contributed by atoms with E-state index in [1.165, 1.54) is 13.5 Å². The number of amides is 2. The summed E-state index contributed by atoms with van der Waals surface area (Å²) in [5.74, 6) is -0.163. The third-order valence-corrected chi connectivity index (χ3v) is 4.06. The van der Waals surface area contributed by atoms with Gasteiger partial charge in [-0.05, 0) is 31.0 Å². The maximum absolute atomic E-state index is 12.3. The summed E-state index contributed by atoms with van der Waals surface area (Å²) >= 11 is 0. The first-order valence-corrected chi connectivity index (χ1v) is 8.06. The van der Waals surface area contributed by atoms with Gasteiger partial charge in [0, 0.05) is 24.4 Å². The van der Waals surface area contributed by atoms with Crippen molar-refractivity contribution in [1.82, 2.24) is 0 Å². The van der Waals surface area contributed by atoms with Crippen molar-refractivity contribution in [2.45, 2.75) is 38.1 Å². The molecule has 2 amide bonds. The van der Waals surface area contributed by atoms with Gasteiger partial charge in [-0.2, -0.15) is 0 Å². The summed E-state index contributed by atoms with van der Waals surface area (Å²) in [5, 5.41) is 5.66. The smallest absolute Gasteiger partial charge is 0.243 e. The zero-order valence-corrected chi connectivity index (χ0v) is 14.7. The van der Waals surface area contributed by atoms with Crippen molar-refractivity contribution in [2.75, 3.05) is 24.4 Å². The lowest BCUT2D eigenvalue weighted by atomic mass is 9.88. The van der Waals surface area contributed by atoms with E-state index in [4.69, 9.17) is 10.5 Å². The Hall–Kier alpha value is -1.63. The molecule has 0 radical (unpaired) electrons. The van der Waals surface area contributed by atoms with Crippen molar-refractivity contribution in [2.24, 2.45) is 11.7 Å². The molecule has 6 nitrogen and oxygen atoms in total. The standard InChI is InChI=1S/C17H25N3O3.ClH/c1-23-11-15(18)17(22)20-14-9-5-8-13(10-14)19-16(21)12-6-3-2-4-7-12;/h5,8-10,12,15H,2-4,6-7,11,18H2,1H3,(H,19,21)(H,20,22);1H. The molecule has 4 N–H and O–H groups in total. The number of carbonyl (C=O) groups excluding carboxylic acids is 2. The molecule has 7 heteroatoms. The van der Waals surface area contributed by atoms with Gasteiger partial charge in [0.15, 0.2) is 0 Å². The van der Waals surface area contributed by atoms with Crippen LogP contribution >= 0.6 is 12.4 Å². The first-order chi connectivity index (χ1) is 11.1.